The van der Waals surface area contributed by atoms with Crippen molar-refractivity contribution in [2.75, 3.05) is 38.6 Å². The third-order valence-electron chi connectivity index (χ3n) is 3.72. The fourth-order valence-electron chi connectivity index (χ4n) is 2.54. The molecule has 6 heteroatoms. The Hall–Kier alpha value is -1.40. The zero-order chi connectivity index (χ0) is 16.1. The fraction of sp³-hybridized carbons (Fsp3) is 0.500. The van der Waals surface area contributed by atoms with Crippen LogP contribution in [0.25, 0.3) is 0 Å². The Labute approximate surface area is 139 Å². The van der Waals surface area contributed by atoms with Crippen LogP contribution in [0.5, 0.6) is 0 Å². The Kier molecular flexibility index (Phi) is 5.97. The molecule has 1 heterocycles. The van der Waals surface area contributed by atoms with Crippen molar-refractivity contribution in [3.8, 4) is 0 Å². The Bertz CT molecular complexity index is 548. The molecule has 1 aromatic carbocycles. The maximum absolute atomic E-state index is 12.2. The SMILES string of the molecule is CN(C)CCCNC(=O)C1CC(=O)N(c2ccccc2Br)C1. The van der Waals surface area contributed by atoms with Crippen LogP contribution in [0.1, 0.15) is 12.8 Å². The molecule has 2 amide bonds. The second-order valence-electron chi connectivity index (χ2n) is 5.80. The van der Waals surface area contributed by atoms with E-state index in [1.165, 1.54) is 0 Å². The van der Waals surface area contributed by atoms with Crippen LogP contribution < -0.4 is 10.2 Å². The highest BCUT2D eigenvalue weighted by molar-refractivity contribution is 9.10. The van der Waals surface area contributed by atoms with Gasteiger partial charge in [-0.25, -0.2) is 0 Å². The Balaban J connectivity index is 1.89. The standard InChI is InChI=1S/C16H22BrN3O2/c1-19(2)9-5-8-18-16(22)12-10-15(21)20(11-12)14-7-4-3-6-13(14)17/h3-4,6-7,12H,5,8-11H2,1-2H3,(H,18,22). The molecular formula is C16H22BrN3O2. The van der Waals surface area contributed by atoms with E-state index in [2.05, 4.69) is 26.1 Å². The molecule has 2 rings (SSSR count). The number of rotatable bonds is 6. The van der Waals surface area contributed by atoms with E-state index in [1.54, 1.807) is 4.90 Å². The summed E-state index contributed by atoms with van der Waals surface area (Å²) in [6.45, 7) is 2.03. The number of nitrogens with zero attached hydrogens (tertiary/aromatic N) is 2. The lowest BCUT2D eigenvalue weighted by Crippen LogP contribution is -2.34. The second-order valence-corrected chi connectivity index (χ2v) is 6.66. The van der Waals surface area contributed by atoms with Gasteiger partial charge in [-0.3, -0.25) is 9.59 Å². The van der Waals surface area contributed by atoms with Crippen LogP contribution in [-0.4, -0.2) is 50.4 Å². The Morgan fingerprint density at radius 1 is 1.41 bits per heavy atom. The zero-order valence-corrected chi connectivity index (χ0v) is 14.6. The summed E-state index contributed by atoms with van der Waals surface area (Å²) in [4.78, 5) is 28.1. The minimum atomic E-state index is -0.265. The van der Waals surface area contributed by atoms with Gasteiger partial charge in [-0.05, 0) is 55.1 Å². The van der Waals surface area contributed by atoms with Gasteiger partial charge in [0.15, 0.2) is 0 Å². The number of nitrogens with one attached hydrogen (secondary N) is 1. The minimum Gasteiger partial charge on any atom is -0.356 e. The average Bonchev–Trinajstić information content (AvgIpc) is 2.86. The number of carbonyl (C=O) groups is 2. The molecule has 0 saturated carbocycles. The predicted octanol–water partition coefficient (Wildman–Crippen LogP) is 1.87. The average molecular weight is 368 g/mol. The Morgan fingerprint density at radius 3 is 2.82 bits per heavy atom. The van der Waals surface area contributed by atoms with Crippen molar-refractivity contribution in [1.82, 2.24) is 10.2 Å². The molecule has 1 saturated heterocycles. The third kappa shape index (κ3) is 4.30. The molecule has 1 N–H and O–H groups in total. The van der Waals surface area contributed by atoms with Crippen LogP contribution >= 0.6 is 15.9 Å². The van der Waals surface area contributed by atoms with Crippen molar-refractivity contribution >= 4 is 33.4 Å². The molecule has 1 atom stereocenters. The first-order valence-corrected chi connectivity index (χ1v) is 8.25. The molecule has 0 aromatic heterocycles. The first-order valence-electron chi connectivity index (χ1n) is 7.46. The Morgan fingerprint density at radius 2 is 2.14 bits per heavy atom. The summed E-state index contributed by atoms with van der Waals surface area (Å²) in [5, 5.41) is 2.93. The van der Waals surface area contributed by atoms with Crippen molar-refractivity contribution in [3.63, 3.8) is 0 Å². The molecule has 120 valence electrons. The van der Waals surface area contributed by atoms with Gasteiger partial charge in [-0.2, -0.15) is 0 Å². The lowest BCUT2D eigenvalue weighted by atomic mass is 10.1. The lowest BCUT2D eigenvalue weighted by molar-refractivity contribution is -0.126. The summed E-state index contributed by atoms with van der Waals surface area (Å²) < 4.78 is 0.871. The van der Waals surface area contributed by atoms with Crippen LogP contribution in [-0.2, 0) is 9.59 Å². The van der Waals surface area contributed by atoms with E-state index in [-0.39, 0.29) is 24.2 Å². The van der Waals surface area contributed by atoms with Gasteiger partial charge >= 0.3 is 0 Å². The van der Waals surface area contributed by atoms with Gasteiger partial charge in [-0.1, -0.05) is 12.1 Å². The highest BCUT2D eigenvalue weighted by Gasteiger charge is 2.35. The van der Waals surface area contributed by atoms with E-state index in [1.807, 2.05) is 38.4 Å². The summed E-state index contributed by atoms with van der Waals surface area (Å²) in [6, 6.07) is 7.59. The first kappa shape index (κ1) is 17.0. The van der Waals surface area contributed by atoms with E-state index in [0.717, 1.165) is 23.1 Å². The van der Waals surface area contributed by atoms with Crippen molar-refractivity contribution in [3.05, 3.63) is 28.7 Å². The van der Waals surface area contributed by atoms with E-state index in [0.29, 0.717) is 13.1 Å². The number of hydrogen-bond donors (Lipinski definition) is 1. The molecule has 0 aliphatic carbocycles. The summed E-state index contributed by atoms with van der Waals surface area (Å²) in [6.07, 6.45) is 1.19. The van der Waals surface area contributed by atoms with Gasteiger partial charge in [0.2, 0.25) is 11.8 Å². The number of amides is 2. The molecule has 0 spiro atoms. The third-order valence-corrected chi connectivity index (χ3v) is 4.39. The second kappa shape index (κ2) is 7.74. The molecule has 0 bridgehead atoms. The van der Waals surface area contributed by atoms with Crippen LogP contribution in [0.15, 0.2) is 28.7 Å². The quantitative estimate of drug-likeness (QED) is 0.780. The van der Waals surface area contributed by atoms with Gasteiger partial charge in [0.25, 0.3) is 0 Å². The van der Waals surface area contributed by atoms with Crippen molar-refractivity contribution < 1.29 is 9.59 Å². The summed E-state index contributed by atoms with van der Waals surface area (Å²) in [7, 11) is 4.01. The van der Waals surface area contributed by atoms with E-state index >= 15 is 0 Å². The topological polar surface area (TPSA) is 52.7 Å². The summed E-state index contributed by atoms with van der Waals surface area (Å²) in [5.74, 6) is -0.291. The number of para-hydroxylation sites is 1. The molecule has 0 radical (unpaired) electrons. The number of anilines is 1. The first-order chi connectivity index (χ1) is 10.5. The largest absolute Gasteiger partial charge is 0.356 e. The summed E-state index contributed by atoms with van der Waals surface area (Å²) in [5.41, 5.74) is 0.829. The minimum absolute atomic E-state index is 0.000316. The maximum atomic E-state index is 12.2. The molecule has 1 aliphatic heterocycles. The normalized spacial score (nSPS) is 18.1. The van der Waals surface area contributed by atoms with Crippen LogP contribution in [0.3, 0.4) is 0 Å². The monoisotopic (exact) mass is 367 g/mol. The van der Waals surface area contributed by atoms with Crippen molar-refractivity contribution in [2.24, 2.45) is 5.92 Å². The molecule has 22 heavy (non-hydrogen) atoms. The smallest absolute Gasteiger partial charge is 0.227 e. The van der Waals surface area contributed by atoms with Crippen LogP contribution in [0.4, 0.5) is 5.69 Å². The molecular weight excluding hydrogens is 346 g/mol. The van der Waals surface area contributed by atoms with Gasteiger partial charge in [0.1, 0.15) is 0 Å². The van der Waals surface area contributed by atoms with E-state index in [4.69, 9.17) is 0 Å². The molecule has 1 unspecified atom stereocenters. The highest BCUT2D eigenvalue weighted by atomic mass is 79.9. The number of hydrogen-bond acceptors (Lipinski definition) is 3. The number of halogens is 1. The van der Waals surface area contributed by atoms with E-state index < -0.39 is 0 Å². The van der Waals surface area contributed by atoms with E-state index in [9.17, 15) is 9.59 Å². The highest BCUT2D eigenvalue weighted by Crippen LogP contribution is 2.31. The van der Waals surface area contributed by atoms with Gasteiger partial charge in [0.05, 0.1) is 11.6 Å². The van der Waals surface area contributed by atoms with Crippen LogP contribution in [0.2, 0.25) is 0 Å². The predicted molar refractivity (Wildman–Crippen MR) is 90.8 cm³/mol. The summed E-state index contributed by atoms with van der Waals surface area (Å²) >= 11 is 3.46. The van der Waals surface area contributed by atoms with Crippen LogP contribution in [0, 0.1) is 5.92 Å². The van der Waals surface area contributed by atoms with Crippen molar-refractivity contribution in [1.29, 1.82) is 0 Å². The number of carbonyl (C=O) groups excluding carboxylic acids is 2. The van der Waals surface area contributed by atoms with Crippen molar-refractivity contribution in [2.45, 2.75) is 12.8 Å². The number of benzene rings is 1. The molecule has 1 aromatic rings. The van der Waals surface area contributed by atoms with Gasteiger partial charge in [-0.15, -0.1) is 0 Å². The maximum Gasteiger partial charge on any atom is 0.227 e. The van der Waals surface area contributed by atoms with Gasteiger partial charge in [0, 0.05) is 24.0 Å². The lowest BCUT2D eigenvalue weighted by Gasteiger charge is -2.18. The fourth-order valence-corrected chi connectivity index (χ4v) is 3.04. The molecule has 1 fully saturated rings. The molecule has 5 nitrogen and oxygen atoms in total. The zero-order valence-electron chi connectivity index (χ0n) is 13.0. The van der Waals surface area contributed by atoms with Gasteiger partial charge < -0.3 is 15.1 Å². The molecule has 1 aliphatic rings.